The van der Waals surface area contributed by atoms with E-state index in [1.54, 1.807) is 11.8 Å². The van der Waals surface area contributed by atoms with Gasteiger partial charge in [-0.3, -0.25) is 4.98 Å². The molecule has 3 aromatic rings. The number of halogens is 8. The number of aromatic nitrogens is 4. The fourth-order valence-corrected chi connectivity index (χ4v) is 3.66. The van der Waals surface area contributed by atoms with Gasteiger partial charge in [-0.15, -0.1) is 5.10 Å². The summed E-state index contributed by atoms with van der Waals surface area (Å²) < 4.78 is 109. The van der Waals surface area contributed by atoms with Crippen LogP contribution in [0.5, 0.6) is 5.75 Å². The topological polar surface area (TPSA) is 67.6 Å². The molecule has 1 saturated carbocycles. The first-order valence-electron chi connectivity index (χ1n) is 10.9. The van der Waals surface area contributed by atoms with Crippen LogP contribution in [0.4, 0.5) is 46.8 Å². The molecule has 1 aliphatic rings. The molecule has 0 aliphatic heterocycles. The third-order valence-electron chi connectivity index (χ3n) is 5.80. The van der Waals surface area contributed by atoms with Gasteiger partial charge >= 0.3 is 18.3 Å². The summed E-state index contributed by atoms with van der Waals surface area (Å²) >= 11 is 0. The van der Waals surface area contributed by atoms with Gasteiger partial charge in [0.25, 0.3) is 0 Å². The first-order chi connectivity index (χ1) is 17.2. The number of anilines is 2. The predicted molar refractivity (Wildman–Crippen MR) is 117 cm³/mol. The Kier molecular flexibility index (Phi) is 6.67. The van der Waals surface area contributed by atoms with Gasteiger partial charge in [0.2, 0.25) is 5.95 Å². The molecule has 1 aliphatic carbocycles. The largest absolute Gasteiger partial charge is 0.483 e. The van der Waals surface area contributed by atoms with E-state index in [-0.39, 0.29) is 29.3 Å². The van der Waals surface area contributed by atoms with Crippen molar-refractivity contribution in [1.82, 2.24) is 19.6 Å². The third kappa shape index (κ3) is 5.54. The molecule has 0 aromatic carbocycles. The van der Waals surface area contributed by atoms with Gasteiger partial charge in [-0.25, -0.2) is 4.52 Å². The van der Waals surface area contributed by atoms with Crippen LogP contribution in [-0.4, -0.2) is 57.4 Å². The molecule has 0 bridgehead atoms. The minimum absolute atomic E-state index is 0.0404. The summed E-state index contributed by atoms with van der Waals surface area (Å²) in [7, 11) is 0. The highest BCUT2D eigenvalue weighted by Gasteiger charge is 2.58. The second kappa shape index (κ2) is 9.34. The summed E-state index contributed by atoms with van der Waals surface area (Å²) in [4.78, 5) is 9.22. The van der Waals surface area contributed by atoms with Crippen molar-refractivity contribution in [2.24, 2.45) is 5.92 Å². The lowest BCUT2D eigenvalue weighted by Gasteiger charge is -2.23. The van der Waals surface area contributed by atoms with Gasteiger partial charge in [0.15, 0.2) is 18.0 Å². The van der Waals surface area contributed by atoms with Crippen LogP contribution in [0.25, 0.3) is 5.65 Å². The van der Waals surface area contributed by atoms with Gasteiger partial charge in [-0.1, -0.05) is 6.58 Å². The van der Waals surface area contributed by atoms with Gasteiger partial charge in [0.05, 0.1) is 6.04 Å². The SMILES string of the molecule is C=C1[C@@H](CN(CC)c2ccnc(C(F)(F)F)c2)[C@@H]1Nc1nc2c(OCC(F)(F)C(F)(F)F)cccn2n1. The van der Waals surface area contributed by atoms with E-state index in [4.69, 9.17) is 4.74 Å². The van der Waals surface area contributed by atoms with Crippen LogP contribution in [0, 0.1) is 5.92 Å². The Bertz CT molecular complexity index is 1290. The van der Waals surface area contributed by atoms with Crippen molar-refractivity contribution in [3.8, 4) is 5.75 Å². The fourth-order valence-electron chi connectivity index (χ4n) is 3.66. The highest BCUT2D eigenvalue weighted by Crippen LogP contribution is 2.41. The summed E-state index contributed by atoms with van der Waals surface area (Å²) in [6.45, 7) is 4.56. The van der Waals surface area contributed by atoms with Crippen molar-refractivity contribution in [3.05, 3.63) is 54.5 Å². The van der Waals surface area contributed by atoms with Gasteiger partial charge in [-0.2, -0.15) is 40.1 Å². The highest BCUT2D eigenvalue weighted by atomic mass is 19.4. The highest BCUT2D eigenvalue weighted by molar-refractivity contribution is 5.57. The molecule has 2 atom stereocenters. The van der Waals surface area contributed by atoms with E-state index in [1.807, 2.05) is 0 Å². The zero-order valence-corrected chi connectivity index (χ0v) is 19.1. The number of nitrogens with one attached hydrogen (secondary N) is 1. The first-order valence-corrected chi connectivity index (χ1v) is 10.9. The molecule has 3 aromatic heterocycles. The van der Waals surface area contributed by atoms with E-state index < -0.39 is 30.6 Å². The van der Waals surface area contributed by atoms with Crippen molar-refractivity contribution in [2.75, 3.05) is 29.9 Å². The standard InChI is InChI=1S/C22H20F8N6O/c1-3-35(13-6-7-31-16(9-13)21(25,26)27)10-14-12(2)17(14)32-19-33-18-15(5-4-8-36(18)34-19)37-11-20(23,24)22(28,29)30/h4-9,14,17H,2-3,10-11H2,1H3,(H,32,34)/t14-,17-/m1/s1. The average Bonchev–Trinajstić information content (AvgIpc) is 3.21. The van der Waals surface area contributed by atoms with E-state index in [2.05, 4.69) is 27.0 Å². The molecular formula is C22H20F8N6O. The van der Waals surface area contributed by atoms with Crippen LogP contribution in [-0.2, 0) is 6.18 Å². The van der Waals surface area contributed by atoms with E-state index in [0.717, 1.165) is 22.4 Å². The second-order valence-corrected chi connectivity index (χ2v) is 8.31. The normalized spacial score (nSPS) is 18.2. The molecule has 0 saturated heterocycles. The molecule has 15 heteroatoms. The van der Waals surface area contributed by atoms with Gasteiger partial charge in [0.1, 0.15) is 5.69 Å². The van der Waals surface area contributed by atoms with Crippen molar-refractivity contribution >= 4 is 17.3 Å². The molecule has 1 N–H and O–H groups in total. The van der Waals surface area contributed by atoms with Crippen LogP contribution in [0.3, 0.4) is 0 Å². The maximum absolute atomic E-state index is 13.2. The molecular weight excluding hydrogens is 516 g/mol. The zero-order valence-electron chi connectivity index (χ0n) is 19.1. The summed E-state index contributed by atoms with van der Waals surface area (Å²) in [6.07, 6.45) is -7.86. The van der Waals surface area contributed by atoms with Crippen LogP contribution >= 0.6 is 0 Å². The summed E-state index contributed by atoms with van der Waals surface area (Å²) in [5.41, 5.74) is -0.0135. The Morgan fingerprint density at radius 3 is 2.51 bits per heavy atom. The van der Waals surface area contributed by atoms with Crippen molar-refractivity contribution in [1.29, 1.82) is 0 Å². The Morgan fingerprint density at radius 2 is 1.86 bits per heavy atom. The average molecular weight is 536 g/mol. The van der Waals surface area contributed by atoms with E-state index in [1.165, 1.54) is 24.4 Å². The molecule has 7 nitrogen and oxygen atoms in total. The second-order valence-electron chi connectivity index (χ2n) is 8.31. The molecule has 200 valence electrons. The predicted octanol–water partition coefficient (Wildman–Crippen LogP) is 5.21. The molecule has 0 spiro atoms. The van der Waals surface area contributed by atoms with Crippen molar-refractivity contribution < 1.29 is 39.9 Å². The van der Waals surface area contributed by atoms with E-state index >= 15 is 0 Å². The molecule has 4 rings (SSSR count). The Balaban J connectivity index is 1.44. The summed E-state index contributed by atoms with van der Waals surface area (Å²) in [5, 5.41) is 7.13. The number of pyridine rings is 2. The lowest BCUT2D eigenvalue weighted by atomic mass is 10.2. The van der Waals surface area contributed by atoms with E-state index in [0.29, 0.717) is 18.8 Å². The van der Waals surface area contributed by atoms with Gasteiger partial charge in [-0.05, 0) is 36.8 Å². The number of ether oxygens (including phenoxy) is 1. The van der Waals surface area contributed by atoms with Crippen LogP contribution in [0.15, 0.2) is 48.8 Å². The smallest absolute Gasteiger partial charge is 0.456 e. The molecule has 0 amide bonds. The number of hydrogen-bond acceptors (Lipinski definition) is 6. The van der Waals surface area contributed by atoms with Crippen molar-refractivity contribution in [2.45, 2.75) is 31.2 Å². The number of nitrogens with zero attached hydrogens (tertiary/aromatic N) is 5. The number of hydrogen-bond donors (Lipinski definition) is 1. The van der Waals surface area contributed by atoms with Gasteiger partial charge in [0, 0.05) is 37.1 Å². The van der Waals surface area contributed by atoms with Crippen molar-refractivity contribution in [3.63, 3.8) is 0 Å². The minimum Gasteiger partial charge on any atom is -0.483 e. The van der Waals surface area contributed by atoms with Crippen LogP contribution < -0.4 is 15.0 Å². The Hall–Kier alpha value is -3.65. The third-order valence-corrected chi connectivity index (χ3v) is 5.80. The number of alkyl halides is 8. The molecule has 0 radical (unpaired) electrons. The number of rotatable bonds is 9. The van der Waals surface area contributed by atoms with Gasteiger partial charge < -0.3 is 15.0 Å². The quantitative estimate of drug-likeness (QED) is 0.299. The zero-order chi connectivity index (χ0) is 27.2. The first kappa shape index (κ1) is 26.4. The fraction of sp³-hybridized carbons (Fsp3) is 0.409. The molecule has 0 unspecified atom stereocenters. The van der Waals surface area contributed by atoms with Crippen LogP contribution in [0.2, 0.25) is 0 Å². The minimum atomic E-state index is -5.77. The number of fused-ring (bicyclic) bond motifs is 1. The maximum Gasteiger partial charge on any atom is 0.456 e. The Morgan fingerprint density at radius 1 is 1.14 bits per heavy atom. The maximum atomic E-state index is 13.2. The van der Waals surface area contributed by atoms with Crippen LogP contribution in [0.1, 0.15) is 12.6 Å². The monoisotopic (exact) mass is 536 g/mol. The molecule has 1 fully saturated rings. The van der Waals surface area contributed by atoms with E-state index in [9.17, 15) is 35.1 Å². The summed E-state index contributed by atoms with van der Waals surface area (Å²) in [5.74, 6) is -5.51. The molecule has 37 heavy (non-hydrogen) atoms. The molecule has 3 heterocycles. The lowest BCUT2D eigenvalue weighted by Crippen LogP contribution is -2.41. The Labute approximate surface area is 204 Å². The summed E-state index contributed by atoms with van der Waals surface area (Å²) in [6, 6.07) is 4.62. The lowest BCUT2D eigenvalue weighted by molar-refractivity contribution is -0.289.